The van der Waals surface area contributed by atoms with Crippen LogP contribution >= 0.6 is 11.8 Å². The first-order chi connectivity index (χ1) is 17.5. The standard InChI is InChI=1S/C24H20F2N8OS/c1-28-9-15(8-27)19-11-29-20-5-4-17(7-18(20)22(19)35-23(25)26)36-24-32-31-21-6-3-14(13-34(21)24)16-10-30-33(2)12-16/h3-13,23H,27H2,1-2H3. The molecule has 0 aliphatic carbocycles. The number of hydrogen-bond acceptors (Lipinski definition) is 8. The smallest absolute Gasteiger partial charge is 0.387 e. The van der Waals surface area contributed by atoms with Crippen LogP contribution in [0.15, 0.2) is 76.4 Å². The summed E-state index contributed by atoms with van der Waals surface area (Å²) in [4.78, 5) is 9.08. The summed E-state index contributed by atoms with van der Waals surface area (Å²) in [5.41, 5.74) is 9.52. The zero-order valence-electron chi connectivity index (χ0n) is 19.2. The van der Waals surface area contributed by atoms with Crippen molar-refractivity contribution in [3.8, 4) is 16.9 Å². The van der Waals surface area contributed by atoms with E-state index >= 15 is 0 Å². The molecular formula is C24H20F2N8OS. The van der Waals surface area contributed by atoms with Gasteiger partial charge in [-0.15, -0.1) is 10.2 Å². The van der Waals surface area contributed by atoms with Crippen LogP contribution in [0.1, 0.15) is 5.56 Å². The second-order valence-corrected chi connectivity index (χ2v) is 8.74. The number of benzene rings is 1. The normalized spacial score (nSPS) is 12.4. The van der Waals surface area contributed by atoms with Gasteiger partial charge in [-0.25, -0.2) is 0 Å². The first kappa shape index (κ1) is 23.4. The summed E-state index contributed by atoms with van der Waals surface area (Å²) >= 11 is 1.34. The Kier molecular flexibility index (Phi) is 6.34. The van der Waals surface area contributed by atoms with Gasteiger partial charge in [-0.05, 0) is 42.1 Å². The fourth-order valence-corrected chi connectivity index (χ4v) is 4.61. The zero-order chi connectivity index (χ0) is 25.2. The number of fused-ring (bicyclic) bond motifs is 2. The number of allylic oxidation sites excluding steroid dienone is 1. The Labute approximate surface area is 208 Å². The highest BCUT2D eigenvalue weighted by atomic mass is 32.2. The second kappa shape index (κ2) is 9.74. The van der Waals surface area contributed by atoms with Gasteiger partial charge in [-0.1, -0.05) is 0 Å². The third kappa shape index (κ3) is 4.50. The molecule has 5 rings (SSSR count). The minimum atomic E-state index is -3.03. The van der Waals surface area contributed by atoms with Gasteiger partial charge in [-0.3, -0.25) is 19.1 Å². The maximum Gasteiger partial charge on any atom is 0.387 e. The summed E-state index contributed by atoms with van der Waals surface area (Å²) in [5, 5.41) is 13.8. The number of hydrogen-bond donors (Lipinski definition) is 1. The molecule has 9 nitrogen and oxygen atoms in total. The molecule has 0 atom stereocenters. The van der Waals surface area contributed by atoms with Crippen LogP contribution in [-0.4, -0.2) is 49.2 Å². The maximum atomic E-state index is 13.4. The van der Waals surface area contributed by atoms with Crippen molar-refractivity contribution in [1.82, 2.24) is 29.4 Å². The number of nitrogens with two attached hydrogens (primary N) is 1. The van der Waals surface area contributed by atoms with E-state index in [2.05, 4.69) is 25.3 Å². The van der Waals surface area contributed by atoms with Gasteiger partial charge in [0.25, 0.3) is 0 Å². The Balaban J connectivity index is 1.58. The summed E-state index contributed by atoms with van der Waals surface area (Å²) in [6, 6.07) is 9.14. The molecule has 0 radical (unpaired) electrons. The minimum Gasteiger partial charge on any atom is -0.433 e. The van der Waals surface area contributed by atoms with Crippen LogP contribution in [0.4, 0.5) is 8.78 Å². The first-order valence-electron chi connectivity index (χ1n) is 10.7. The largest absolute Gasteiger partial charge is 0.433 e. The molecule has 4 aromatic heterocycles. The Bertz CT molecular complexity index is 1630. The number of halogens is 2. The van der Waals surface area contributed by atoms with Gasteiger partial charge in [0.1, 0.15) is 5.75 Å². The van der Waals surface area contributed by atoms with Gasteiger partial charge in [0, 0.05) is 77.6 Å². The molecule has 36 heavy (non-hydrogen) atoms. The number of aryl methyl sites for hydroxylation is 1. The molecule has 0 saturated heterocycles. The first-order valence-corrected chi connectivity index (χ1v) is 11.5. The van der Waals surface area contributed by atoms with Crippen LogP contribution in [0.25, 0.3) is 33.3 Å². The summed E-state index contributed by atoms with van der Waals surface area (Å²) in [6.45, 7) is -3.03. The average molecular weight is 507 g/mol. The fourth-order valence-electron chi connectivity index (χ4n) is 3.76. The summed E-state index contributed by atoms with van der Waals surface area (Å²) in [6.07, 6.45) is 9.81. The summed E-state index contributed by atoms with van der Waals surface area (Å²) < 4.78 is 35.3. The van der Waals surface area contributed by atoms with E-state index in [1.165, 1.54) is 30.4 Å². The van der Waals surface area contributed by atoms with E-state index in [1.807, 2.05) is 42.0 Å². The van der Waals surface area contributed by atoms with Gasteiger partial charge in [-0.2, -0.15) is 13.9 Å². The quantitative estimate of drug-likeness (QED) is 0.325. The average Bonchev–Trinajstić information content (AvgIpc) is 3.48. The number of ether oxygens (including phenoxy) is 1. The van der Waals surface area contributed by atoms with Crippen molar-refractivity contribution >= 4 is 40.1 Å². The van der Waals surface area contributed by atoms with Gasteiger partial charge < -0.3 is 10.5 Å². The van der Waals surface area contributed by atoms with Gasteiger partial charge in [0.2, 0.25) is 0 Å². The monoisotopic (exact) mass is 506 g/mol. The number of aliphatic imine (C=N–C) groups is 1. The van der Waals surface area contributed by atoms with E-state index in [-0.39, 0.29) is 5.75 Å². The van der Waals surface area contributed by atoms with Crippen LogP contribution in [-0.2, 0) is 7.05 Å². The van der Waals surface area contributed by atoms with Crippen molar-refractivity contribution in [3.05, 3.63) is 66.9 Å². The summed E-state index contributed by atoms with van der Waals surface area (Å²) in [7, 11) is 3.42. The number of pyridine rings is 2. The van der Waals surface area contributed by atoms with E-state index in [0.717, 1.165) is 16.0 Å². The Morgan fingerprint density at radius 3 is 2.72 bits per heavy atom. The van der Waals surface area contributed by atoms with Gasteiger partial charge in [0.05, 0.1) is 11.7 Å². The van der Waals surface area contributed by atoms with Crippen molar-refractivity contribution in [2.24, 2.45) is 17.8 Å². The number of nitrogens with zero attached hydrogens (tertiary/aromatic N) is 7. The SMILES string of the molecule is CN=CC(=CN)c1cnc2ccc(Sc3nnc4ccc(-c5cnn(C)c5)cn34)cc2c1OC(F)F. The van der Waals surface area contributed by atoms with E-state index in [1.54, 1.807) is 30.1 Å². The number of aromatic nitrogens is 6. The molecular weight excluding hydrogens is 486 g/mol. The Morgan fingerprint density at radius 2 is 2.00 bits per heavy atom. The second-order valence-electron chi connectivity index (χ2n) is 7.70. The molecule has 0 saturated carbocycles. The fraction of sp³-hybridized carbons (Fsp3) is 0.125. The third-order valence-corrected chi connectivity index (χ3v) is 6.32. The van der Waals surface area contributed by atoms with Crippen LogP contribution in [0.5, 0.6) is 5.75 Å². The molecule has 0 spiro atoms. The van der Waals surface area contributed by atoms with Crippen molar-refractivity contribution in [1.29, 1.82) is 0 Å². The highest BCUT2D eigenvalue weighted by Gasteiger charge is 2.18. The lowest BCUT2D eigenvalue weighted by atomic mass is 10.1. The summed E-state index contributed by atoms with van der Waals surface area (Å²) in [5.74, 6) is -0.0287. The van der Waals surface area contributed by atoms with Crippen LogP contribution in [0.3, 0.4) is 0 Å². The van der Waals surface area contributed by atoms with Crippen molar-refractivity contribution in [2.75, 3.05) is 7.05 Å². The highest BCUT2D eigenvalue weighted by molar-refractivity contribution is 7.99. The zero-order valence-corrected chi connectivity index (χ0v) is 20.0. The van der Waals surface area contributed by atoms with E-state index in [0.29, 0.717) is 32.8 Å². The molecule has 0 aliphatic heterocycles. The highest BCUT2D eigenvalue weighted by Crippen LogP contribution is 2.37. The van der Waals surface area contributed by atoms with Crippen molar-refractivity contribution in [2.45, 2.75) is 16.7 Å². The number of rotatable bonds is 7. The molecule has 0 aliphatic rings. The molecule has 1 aromatic carbocycles. The lowest BCUT2D eigenvalue weighted by molar-refractivity contribution is -0.0489. The van der Waals surface area contributed by atoms with Crippen LogP contribution < -0.4 is 10.5 Å². The molecule has 4 heterocycles. The van der Waals surface area contributed by atoms with E-state index in [9.17, 15) is 8.78 Å². The van der Waals surface area contributed by atoms with Crippen LogP contribution in [0, 0.1) is 0 Å². The molecule has 5 aromatic rings. The van der Waals surface area contributed by atoms with Crippen molar-refractivity contribution in [3.63, 3.8) is 0 Å². The Morgan fingerprint density at radius 1 is 1.14 bits per heavy atom. The molecule has 182 valence electrons. The van der Waals surface area contributed by atoms with E-state index in [4.69, 9.17) is 10.5 Å². The molecule has 0 amide bonds. The van der Waals surface area contributed by atoms with Crippen molar-refractivity contribution < 1.29 is 13.5 Å². The third-order valence-electron chi connectivity index (χ3n) is 5.37. The van der Waals surface area contributed by atoms with Gasteiger partial charge >= 0.3 is 6.61 Å². The predicted octanol–water partition coefficient (Wildman–Crippen LogP) is 4.43. The lowest BCUT2D eigenvalue weighted by Crippen LogP contribution is -2.06. The van der Waals surface area contributed by atoms with E-state index < -0.39 is 6.61 Å². The maximum absolute atomic E-state index is 13.4. The molecule has 2 N–H and O–H groups in total. The number of alkyl halides is 2. The lowest BCUT2D eigenvalue weighted by Gasteiger charge is -2.14. The predicted molar refractivity (Wildman–Crippen MR) is 134 cm³/mol. The Hall–Kier alpha value is -4.32. The molecule has 0 bridgehead atoms. The molecule has 0 fully saturated rings. The topological polar surface area (TPSA) is 109 Å². The molecule has 0 unspecified atom stereocenters. The van der Waals surface area contributed by atoms with Crippen LogP contribution in [0.2, 0.25) is 0 Å². The minimum absolute atomic E-state index is 0.0287. The molecule has 12 heteroatoms. The van der Waals surface area contributed by atoms with Gasteiger partial charge in [0.15, 0.2) is 10.8 Å².